The quantitative estimate of drug-likeness (QED) is 0.856. The lowest BCUT2D eigenvalue weighted by Crippen LogP contribution is -2.23. The van der Waals surface area contributed by atoms with Crippen LogP contribution < -0.4 is 5.32 Å². The van der Waals surface area contributed by atoms with E-state index in [-0.39, 0.29) is 11.8 Å². The normalized spacial score (nSPS) is 23.6. The second-order valence-electron chi connectivity index (χ2n) is 4.68. The van der Waals surface area contributed by atoms with Gasteiger partial charge in [-0.15, -0.1) is 11.3 Å². The van der Waals surface area contributed by atoms with Crippen molar-refractivity contribution in [2.45, 2.75) is 19.4 Å². The molecule has 1 aliphatic rings. The van der Waals surface area contributed by atoms with Gasteiger partial charge in [0.15, 0.2) is 0 Å². The number of aliphatic hydroxyl groups is 1. The number of hydrogen-bond donors (Lipinski definition) is 2. The van der Waals surface area contributed by atoms with E-state index in [1.54, 1.807) is 17.5 Å². The van der Waals surface area contributed by atoms with E-state index < -0.39 is 6.10 Å². The molecule has 18 heavy (non-hydrogen) atoms. The van der Waals surface area contributed by atoms with E-state index in [1.165, 1.54) is 10.3 Å². The van der Waals surface area contributed by atoms with Crippen molar-refractivity contribution in [3.8, 4) is 0 Å². The van der Waals surface area contributed by atoms with Crippen molar-refractivity contribution in [1.82, 2.24) is 10.3 Å². The van der Waals surface area contributed by atoms with Crippen LogP contribution in [0.4, 0.5) is 0 Å². The van der Waals surface area contributed by atoms with Crippen LogP contribution in [0.5, 0.6) is 0 Å². The standard InChI is InChI=1S/C13H14N2O2S/c1-7-2-3-14-10-5-8(18-12(7)10)4-9-11(16)6-15-13(9)17/h2-3,5,9,11,16H,4,6H2,1H3,(H,15,17). The number of carbonyl (C=O) groups is 1. The van der Waals surface area contributed by atoms with E-state index >= 15 is 0 Å². The zero-order valence-electron chi connectivity index (χ0n) is 10.0. The Kier molecular flexibility index (Phi) is 2.80. The molecule has 2 aromatic rings. The number of pyridine rings is 1. The average Bonchev–Trinajstić information content (AvgIpc) is 2.89. The van der Waals surface area contributed by atoms with E-state index in [9.17, 15) is 9.90 Å². The number of aliphatic hydroxyl groups excluding tert-OH is 1. The molecule has 0 spiro atoms. The minimum absolute atomic E-state index is 0.0513. The Morgan fingerprint density at radius 2 is 2.44 bits per heavy atom. The summed E-state index contributed by atoms with van der Waals surface area (Å²) >= 11 is 1.66. The van der Waals surface area contributed by atoms with E-state index in [2.05, 4.69) is 17.2 Å². The van der Waals surface area contributed by atoms with Gasteiger partial charge in [-0.05, 0) is 31.0 Å². The fraction of sp³-hybridized carbons (Fsp3) is 0.385. The molecular weight excluding hydrogens is 248 g/mol. The topological polar surface area (TPSA) is 62.2 Å². The molecule has 0 aliphatic carbocycles. The lowest BCUT2D eigenvalue weighted by Gasteiger charge is -2.08. The van der Waals surface area contributed by atoms with Crippen LogP contribution in [0.2, 0.25) is 0 Å². The lowest BCUT2D eigenvalue weighted by atomic mass is 10.0. The molecular formula is C13H14N2O2S. The number of aryl methyl sites for hydroxylation is 1. The second kappa shape index (κ2) is 4.33. The van der Waals surface area contributed by atoms with Gasteiger partial charge in [-0.3, -0.25) is 9.78 Å². The highest BCUT2D eigenvalue weighted by Gasteiger charge is 2.33. The highest BCUT2D eigenvalue weighted by atomic mass is 32.1. The zero-order chi connectivity index (χ0) is 12.7. The Morgan fingerprint density at radius 3 is 3.11 bits per heavy atom. The van der Waals surface area contributed by atoms with Crippen LogP contribution in [0, 0.1) is 12.8 Å². The molecule has 3 heterocycles. The van der Waals surface area contributed by atoms with E-state index in [0.29, 0.717) is 13.0 Å². The van der Waals surface area contributed by atoms with Gasteiger partial charge < -0.3 is 10.4 Å². The van der Waals surface area contributed by atoms with Gasteiger partial charge in [0.25, 0.3) is 0 Å². The molecule has 0 saturated carbocycles. The fourth-order valence-electron chi connectivity index (χ4n) is 2.31. The Bertz CT molecular complexity index is 608. The summed E-state index contributed by atoms with van der Waals surface area (Å²) in [4.78, 5) is 17.0. The smallest absolute Gasteiger partial charge is 0.226 e. The van der Waals surface area contributed by atoms with Crippen LogP contribution in [-0.4, -0.2) is 28.6 Å². The predicted octanol–water partition coefficient (Wildman–Crippen LogP) is 1.25. The summed E-state index contributed by atoms with van der Waals surface area (Å²) in [5.74, 6) is -0.372. The predicted molar refractivity (Wildman–Crippen MR) is 70.6 cm³/mol. The molecule has 1 fully saturated rings. The van der Waals surface area contributed by atoms with Crippen molar-refractivity contribution in [2.24, 2.45) is 5.92 Å². The number of β-amino-alcohol motifs (C(OH)–C–C–N with tert-alkyl or cyclic N) is 1. The molecule has 1 aliphatic heterocycles. The Labute approximate surface area is 109 Å². The third-order valence-corrected chi connectivity index (χ3v) is 4.65. The fourth-order valence-corrected chi connectivity index (χ4v) is 3.45. The number of aromatic nitrogens is 1. The van der Waals surface area contributed by atoms with E-state index in [4.69, 9.17) is 0 Å². The van der Waals surface area contributed by atoms with Crippen molar-refractivity contribution in [2.75, 3.05) is 6.54 Å². The SMILES string of the molecule is Cc1ccnc2cc(CC3C(=O)NCC3O)sc12. The van der Waals surface area contributed by atoms with Crippen LogP contribution >= 0.6 is 11.3 Å². The first kappa shape index (κ1) is 11.6. The van der Waals surface area contributed by atoms with Crippen LogP contribution in [0.15, 0.2) is 18.3 Å². The monoisotopic (exact) mass is 262 g/mol. The number of nitrogens with one attached hydrogen (secondary N) is 1. The van der Waals surface area contributed by atoms with Crippen molar-refractivity contribution in [3.63, 3.8) is 0 Å². The van der Waals surface area contributed by atoms with Crippen LogP contribution in [0.1, 0.15) is 10.4 Å². The third-order valence-electron chi connectivity index (χ3n) is 3.37. The molecule has 3 rings (SSSR count). The molecule has 0 aromatic carbocycles. The molecule has 5 heteroatoms. The largest absolute Gasteiger partial charge is 0.390 e. The number of carbonyl (C=O) groups excluding carboxylic acids is 1. The summed E-state index contributed by atoms with van der Waals surface area (Å²) in [6.45, 7) is 2.42. The summed E-state index contributed by atoms with van der Waals surface area (Å²) in [6, 6.07) is 4.01. The molecule has 2 atom stereocenters. The van der Waals surface area contributed by atoms with Crippen molar-refractivity contribution >= 4 is 27.5 Å². The Hall–Kier alpha value is -1.46. The van der Waals surface area contributed by atoms with Crippen LogP contribution in [0.25, 0.3) is 10.2 Å². The van der Waals surface area contributed by atoms with Crippen molar-refractivity contribution in [1.29, 1.82) is 0 Å². The summed E-state index contributed by atoms with van der Waals surface area (Å²) in [5.41, 5.74) is 2.18. The molecule has 0 bridgehead atoms. The van der Waals surface area contributed by atoms with Gasteiger partial charge >= 0.3 is 0 Å². The molecule has 2 aromatic heterocycles. The molecule has 94 valence electrons. The first-order valence-electron chi connectivity index (χ1n) is 5.95. The Morgan fingerprint density at radius 1 is 1.61 bits per heavy atom. The van der Waals surface area contributed by atoms with Gasteiger partial charge in [-0.1, -0.05) is 0 Å². The van der Waals surface area contributed by atoms with Crippen LogP contribution in [-0.2, 0) is 11.2 Å². The highest BCUT2D eigenvalue weighted by molar-refractivity contribution is 7.19. The number of thiophene rings is 1. The third kappa shape index (κ3) is 1.89. The molecule has 0 radical (unpaired) electrons. The van der Waals surface area contributed by atoms with Crippen LogP contribution in [0.3, 0.4) is 0 Å². The molecule has 1 amide bonds. The van der Waals surface area contributed by atoms with Gasteiger partial charge in [-0.2, -0.15) is 0 Å². The van der Waals surface area contributed by atoms with Gasteiger partial charge in [0, 0.05) is 17.6 Å². The highest BCUT2D eigenvalue weighted by Crippen LogP contribution is 2.29. The summed E-state index contributed by atoms with van der Waals surface area (Å²) < 4.78 is 1.17. The minimum atomic E-state index is -0.572. The number of nitrogens with zero attached hydrogens (tertiary/aromatic N) is 1. The average molecular weight is 262 g/mol. The minimum Gasteiger partial charge on any atom is -0.390 e. The molecule has 2 unspecified atom stereocenters. The summed E-state index contributed by atoms with van der Waals surface area (Å²) in [7, 11) is 0. The van der Waals surface area contributed by atoms with E-state index in [1.807, 2.05) is 12.1 Å². The van der Waals surface area contributed by atoms with Gasteiger partial charge in [0.2, 0.25) is 5.91 Å². The second-order valence-corrected chi connectivity index (χ2v) is 5.81. The molecule has 1 saturated heterocycles. The summed E-state index contributed by atoms with van der Waals surface area (Å²) in [5, 5.41) is 12.4. The first-order chi connectivity index (χ1) is 8.65. The Balaban J connectivity index is 1.91. The lowest BCUT2D eigenvalue weighted by molar-refractivity contribution is -0.123. The van der Waals surface area contributed by atoms with Crippen molar-refractivity contribution < 1.29 is 9.90 Å². The van der Waals surface area contributed by atoms with Gasteiger partial charge in [-0.25, -0.2) is 0 Å². The van der Waals surface area contributed by atoms with E-state index in [0.717, 1.165) is 10.4 Å². The van der Waals surface area contributed by atoms with Gasteiger partial charge in [0.1, 0.15) is 0 Å². The maximum Gasteiger partial charge on any atom is 0.226 e. The maximum absolute atomic E-state index is 11.6. The van der Waals surface area contributed by atoms with Crippen molar-refractivity contribution in [3.05, 3.63) is 28.8 Å². The van der Waals surface area contributed by atoms with Gasteiger partial charge in [0.05, 0.1) is 22.2 Å². The molecule has 2 N–H and O–H groups in total. The number of amides is 1. The number of hydrogen-bond acceptors (Lipinski definition) is 4. The summed E-state index contributed by atoms with van der Waals surface area (Å²) in [6.07, 6.45) is 1.82. The molecule has 4 nitrogen and oxygen atoms in total. The maximum atomic E-state index is 11.6. The zero-order valence-corrected chi connectivity index (χ0v) is 10.8. The first-order valence-corrected chi connectivity index (χ1v) is 6.76. The number of fused-ring (bicyclic) bond motifs is 1. The number of rotatable bonds is 2.